The van der Waals surface area contributed by atoms with Gasteiger partial charge in [-0.05, 0) is 13.8 Å². The molecule has 5 nitrogen and oxygen atoms in total. The minimum atomic E-state index is 0.266. The highest BCUT2D eigenvalue weighted by Gasteiger charge is 2.26. The van der Waals surface area contributed by atoms with Crippen LogP contribution in [0.15, 0.2) is 0 Å². The Hall–Kier alpha value is -0.200. The molecule has 2 aliphatic heterocycles. The zero-order valence-electron chi connectivity index (χ0n) is 10.9. The van der Waals surface area contributed by atoms with Crippen LogP contribution in [-0.4, -0.2) is 63.7 Å². The molecule has 2 saturated heterocycles. The highest BCUT2D eigenvalue weighted by molar-refractivity contribution is 4.84. The molecule has 2 fully saturated rings. The summed E-state index contributed by atoms with van der Waals surface area (Å²) in [4.78, 5) is 0. The van der Waals surface area contributed by atoms with Crippen molar-refractivity contribution in [1.29, 1.82) is 0 Å². The van der Waals surface area contributed by atoms with Crippen molar-refractivity contribution in [3.63, 3.8) is 0 Å². The highest BCUT2D eigenvalue weighted by atomic mass is 16.5. The van der Waals surface area contributed by atoms with Gasteiger partial charge in [0.1, 0.15) is 0 Å². The summed E-state index contributed by atoms with van der Waals surface area (Å²) >= 11 is 0. The summed E-state index contributed by atoms with van der Waals surface area (Å²) in [6, 6.07) is 0.701. The number of ether oxygens (including phenoxy) is 2. The second-order valence-corrected chi connectivity index (χ2v) is 4.97. The van der Waals surface area contributed by atoms with E-state index in [0.29, 0.717) is 12.1 Å². The van der Waals surface area contributed by atoms with Crippen molar-refractivity contribution in [2.75, 3.05) is 39.4 Å². The van der Waals surface area contributed by atoms with Gasteiger partial charge in [-0.1, -0.05) is 0 Å². The molecule has 4 atom stereocenters. The molecule has 0 saturated carbocycles. The van der Waals surface area contributed by atoms with E-state index >= 15 is 0 Å². The van der Waals surface area contributed by atoms with E-state index < -0.39 is 0 Å². The molecule has 0 bridgehead atoms. The molecular formula is C12H25N3O2. The predicted octanol–water partition coefficient (Wildman–Crippen LogP) is -0.670. The van der Waals surface area contributed by atoms with Crippen LogP contribution in [0.3, 0.4) is 0 Å². The Balaban J connectivity index is 1.74. The Morgan fingerprint density at radius 1 is 0.941 bits per heavy atom. The lowest BCUT2D eigenvalue weighted by molar-refractivity contribution is -0.0173. The first kappa shape index (κ1) is 13.2. The molecular weight excluding hydrogens is 218 g/mol. The van der Waals surface area contributed by atoms with Crippen molar-refractivity contribution in [3.8, 4) is 0 Å². The van der Waals surface area contributed by atoms with Crippen molar-refractivity contribution >= 4 is 0 Å². The minimum Gasteiger partial charge on any atom is -0.374 e. The Morgan fingerprint density at radius 3 is 1.76 bits per heavy atom. The zero-order chi connectivity index (χ0) is 12.1. The molecule has 2 aliphatic rings. The van der Waals surface area contributed by atoms with Gasteiger partial charge in [0.25, 0.3) is 0 Å². The largest absolute Gasteiger partial charge is 0.374 e. The van der Waals surface area contributed by atoms with Gasteiger partial charge in [0.15, 0.2) is 0 Å². The van der Waals surface area contributed by atoms with Gasteiger partial charge in [-0.15, -0.1) is 0 Å². The van der Waals surface area contributed by atoms with Crippen LogP contribution >= 0.6 is 0 Å². The molecule has 0 aromatic rings. The third kappa shape index (κ3) is 3.89. The van der Waals surface area contributed by atoms with Crippen molar-refractivity contribution in [2.24, 2.45) is 0 Å². The second kappa shape index (κ2) is 6.66. The molecule has 5 heteroatoms. The first-order valence-electron chi connectivity index (χ1n) is 6.68. The van der Waals surface area contributed by atoms with Crippen LogP contribution in [-0.2, 0) is 9.47 Å². The lowest BCUT2D eigenvalue weighted by Gasteiger charge is -2.35. The summed E-state index contributed by atoms with van der Waals surface area (Å²) < 4.78 is 11.5. The quantitative estimate of drug-likeness (QED) is 0.611. The fraction of sp³-hybridized carbons (Fsp3) is 1.00. The molecule has 0 aromatic carbocycles. The van der Waals surface area contributed by atoms with Gasteiger partial charge in [-0.3, -0.25) is 0 Å². The lowest BCUT2D eigenvalue weighted by Crippen LogP contribution is -2.56. The molecule has 2 rings (SSSR count). The Morgan fingerprint density at radius 2 is 1.41 bits per heavy atom. The normalized spacial score (nSPS) is 34.2. The predicted molar refractivity (Wildman–Crippen MR) is 67.3 cm³/mol. The fourth-order valence-electron chi connectivity index (χ4n) is 2.44. The molecule has 0 spiro atoms. The molecule has 100 valence electrons. The monoisotopic (exact) mass is 243 g/mol. The van der Waals surface area contributed by atoms with Crippen LogP contribution in [0.1, 0.15) is 13.8 Å². The fourth-order valence-corrected chi connectivity index (χ4v) is 2.44. The molecule has 4 unspecified atom stereocenters. The van der Waals surface area contributed by atoms with Crippen LogP contribution in [0, 0.1) is 0 Å². The summed E-state index contributed by atoms with van der Waals surface area (Å²) in [6.07, 6.45) is 0.533. The summed E-state index contributed by atoms with van der Waals surface area (Å²) in [5.41, 5.74) is 0. The van der Waals surface area contributed by atoms with E-state index in [1.165, 1.54) is 0 Å². The first-order chi connectivity index (χ1) is 8.27. The molecule has 0 radical (unpaired) electrons. The van der Waals surface area contributed by atoms with Gasteiger partial charge in [0.05, 0.1) is 25.4 Å². The highest BCUT2D eigenvalue weighted by Crippen LogP contribution is 2.07. The SMILES string of the molecule is CC(NC(C)C1CNCCO1)C1CNCCO1. The number of rotatable bonds is 4. The Bertz CT molecular complexity index is 194. The van der Waals surface area contributed by atoms with Crippen molar-refractivity contribution in [1.82, 2.24) is 16.0 Å². The van der Waals surface area contributed by atoms with E-state index in [1.54, 1.807) is 0 Å². The van der Waals surface area contributed by atoms with E-state index in [4.69, 9.17) is 9.47 Å². The van der Waals surface area contributed by atoms with Crippen LogP contribution < -0.4 is 16.0 Å². The summed E-state index contributed by atoms with van der Waals surface area (Å²) in [7, 11) is 0. The average molecular weight is 243 g/mol. The van der Waals surface area contributed by atoms with Crippen LogP contribution in [0.4, 0.5) is 0 Å². The Kier molecular flexibility index (Phi) is 5.18. The van der Waals surface area contributed by atoms with Crippen LogP contribution in [0.2, 0.25) is 0 Å². The van der Waals surface area contributed by atoms with Gasteiger partial charge >= 0.3 is 0 Å². The van der Waals surface area contributed by atoms with E-state index in [2.05, 4.69) is 29.8 Å². The van der Waals surface area contributed by atoms with E-state index in [-0.39, 0.29) is 12.2 Å². The van der Waals surface area contributed by atoms with E-state index in [0.717, 1.165) is 39.4 Å². The van der Waals surface area contributed by atoms with Gasteiger partial charge < -0.3 is 25.4 Å². The molecule has 0 amide bonds. The minimum absolute atomic E-state index is 0.266. The van der Waals surface area contributed by atoms with Crippen molar-refractivity contribution in [2.45, 2.75) is 38.1 Å². The summed E-state index contributed by atoms with van der Waals surface area (Å²) in [5, 5.41) is 10.3. The third-order valence-corrected chi connectivity index (χ3v) is 3.55. The lowest BCUT2D eigenvalue weighted by atomic mass is 10.1. The maximum atomic E-state index is 5.75. The summed E-state index contributed by atoms with van der Waals surface area (Å²) in [5.74, 6) is 0. The first-order valence-corrected chi connectivity index (χ1v) is 6.68. The second-order valence-electron chi connectivity index (χ2n) is 4.97. The van der Waals surface area contributed by atoms with Crippen LogP contribution in [0.25, 0.3) is 0 Å². The van der Waals surface area contributed by atoms with Crippen molar-refractivity contribution < 1.29 is 9.47 Å². The molecule has 0 aromatic heterocycles. The smallest absolute Gasteiger partial charge is 0.0850 e. The number of nitrogens with one attached hydrogen (secondary N) is 3. The molecule has 2 heterocycles. The third-order valence-electron chi connectivity index (χ3n) is 3.55. The summed E-state index contributed by atoms with van der Waals surface area (Å²) in [6.45, 7) is 9.80. The van der Waals surface area contributed by atoms with Gasteiger partial charge in [-0.2, -0.15) is 0 Å². The number of hydrogen-bond acceptors (Lipinski definition) is 5. The average Bonchev–Trinajstić information content (AvgIpc) is 2.40. The van der Waals surface area contributed by atoms with E-state index in [9.17, 15) is 0 Å². The maximum absolute atomic E-state index is 5.75. The number of morpholine rings is 2. The topological polar surface area (TPSA) is 54.5 Å². The van der Waals surface area contributed by atoms with Gasteiger partial charge in [0.2, 0.25) is 0 Å². The van der Waals surface area contributed by atoms with Gasteiger partial charge in [-0.25, -0.2) is 0 Å². The maximum Gasteiger partial charge on any atom is 0.0850 e. The van der Waals surface area contributed by atoms with Gasteiger partial charge in [0, 0.05) is 38.3 Å². The van der Waals surface area contributed by atoms with Crippen LogP contribution in [0.5, 0.6) is 0 Å². The Labute approximate surface area is 104 Å². The molecule has 3 N–H and O–H groups in total. The van der Waals surface area contributed by atoms with Crippen molar-refractivity contribution in [3.05, 3.63) is 0 Å². The molecule has 17 heavy (non-hydrogen) atoms. The standard InChI is InChI=1S/C12H25N3O2/c1-9(11-7-13-3-5-16-11)15-10(2)12-8-14-4-6-17-12/h9-15H,3-8H2,1-2H3. The van der Waals surface area contributed by atoms with E-state index in [1.807, 2.05) is 0 Å². The number of hydrogen-bond donors (Lipinski definition) is 3. The zero-order valence-corrected chi connectivity index (χ0v) is 10.9. The molecule has 0 aliphatic carbocycles.